The van der Waals surface area contributed by atoms with Crippen molar-refractivity contribution in [3.63, 3.8) is 0 Å². The molecule has 0 aliphatic carbocycles. The van der Waals surface area contributed by atoms with Crippen molar-refractivity contribution in [3.05, 3.63) is 59.4 Å². The monoisotopic (exact) mass is 458 g/mol. The second kappa shape index (κ2) is 9.50. The van der Waals surface area contributed by atoms with E-state index in [4.69, 9.17) is 13.9 Å². The molecule has 1 aliphatic heterocycles. The van der Waals surface area contributed by atoms with E-state index >= 15 is 0 Å². The first kappa shape index (κ1) is 23.2. The maximum atomic E-state index is 13.0. The van der Waals surface area contributed by atoms with Crippen molar-refractivity contribution in [2.24, 2.45) is 0 Å². The van der Waals surface area contributed by atoms with E-state index in [1.54, 1.807) is 6.26 Å². The Hall–Kier alpha value is -2.95. The molecule has 0 radical (unpaired) electrons. The summed E-state index contributed by atoms with van der Waals surface area (Å²) in [7, 11) is 1.34. The van der Waals surface area contributed by atoms with Crippen LogP contribution in [0.1, 0.15) is 34.0 Å². The molecule has 9 heteroatoms. The van der Waals surface area contributed by atoms with Crippen LogP contribution in [-0.4, -0.2) is 69.4 Å². The Labute approximate surface area is 189 Å². The second-order valence-electron chi connectivity index (χ2n) is 8.08. The van der Waals surface area contributed by atoms with Gasteiger partial charge in [-0.25, -0.2) is 0 Å². The molecule has 2 heterocycles. The summed E-state index contributed by atoms with van der Waals surface area (Å²) in [5.41, 5.74) is 1.89. The topological polar surface area (TPSA) is 150 Å². The first-order valence-corrected chi connectivity index (χ1v) is 10.5. The number of benzene rings is 2. The number of aryl methyl sites for hydroxylation is 1. The summed E-state index contributed by atoms with van der Waals surface area (Å²) in [5, 5.41) is 51.5. The fourth-order valence-corrected chi connectivity index (χ4v) is 4.13. The number of aliphatic hydroxyl groups is 4. The minimum absolute atomic E-state index is 0.00662. The number of hydrogen-bond donors (Lipinski definition) is 5. The number of carbonyl (C=O) groups excluding carboxylic acids is 1. The Bertz CT molecular complexity index is 1140. The van der Waals surface area contributed by atoms with Gasteiger partial charge in [0, 0.05) is 23.4 Å². The number of Topliss-reactive ketones (excluding diaryl/α,β-unsaturated/α-hetero) is 1. The lowest BCUT2D eigenvalue weighted by Gasteiger charge is -2.40. The number of fused-ring (bicyclic) bond motifs is 1. The van der Waals surface area contributed by atoms with Crippen molar-refractivity contribution in [2.75, 3.05) is 13.7 Å². The molecule has 1 aliphatic rings. The Morgan fingerprint density at radius 3 is 2.58 bits per heavy atom. The van der Waals surface area contributed by atoms with Gasteiger partial charge in [-0.3, -0.25) is 4.79 Å². The lowest BCUT2D eigenvalue weighted by Crippen LogP contribution is -2.55. The molecule has 5 N–H and O–H groups in total. The Morgan fingerprint density at radius 1 is 1.06 bits per heavy atom. The summed E-state index contributed by atoms with van der Waals surface area (Å²) >= 11 is 0. The number of ketones is 1. The van der Waals surface area contributed by atoms with Crippen LogP contribution in [0.15, 0.2) is 47.1 Å². The van der Waals surface area contributed by atoms with Crippen LogP contribution in [0.4, 0.5) is 0 Å². The predicted molar refractivity (Wildman–Crippen MR) is 116 cm³/mol. The lowest BCUT2D eigenvalue weighted by molar-refractivity contribution is -0.232. The standard InChI is InChI=1S/C24H26O9/c1-31-19-10-17(27)14(9-15(19)24-23(30)22(29)21(28)20(11-25)33-24)16(26)4-2-12-3-5-18-13(8-12)6-7-32-18/h3,5-10,20-25,27-30H,2,4,11H2,1H3. The molecule has 0 spiro atoms. The molecular formula is C24H26O9. The summed E-state index contributed by atoms with van der Waals surface area (Å²) in [6.07, 6.45) is -4.84. The third-order valence-electron chi connectivity index (χ3n) is 6.00. The highest BCUT2D eigenvalue weighted by Crippen LogP contribution is 2.40. The van der Waals surface area contributed by atoms with Crippen LogP contribution in [0.3, 0.4) is 0 Å². The molecule has 5 unspecified atom stereocenters. The SMILES string of the molecule is COc1cc(O)c(C(=O)CCc2ccc3occc3c2)cc1C1OC(CO)C(O)C(O)C1O. The molecule has 4 rings (SSSR count). The molecule has 9 nitrogen and oxygen atoms in total. The van der Waals surface area contributed by atoms with Gasteiger partial charge in [0.2, 0.25) is 0 Å². The van der Waals surface area contributed by atoms with Gasteiger partial charge in [-0.05, 0) is 36.2 Å². The Balaban J connectivity index is 1.59. The number of ether oxygens (including phenoxy) is 2. The molecule has 33 heavy (non-hydrogen) atoms. The highest BCUT2D eigenvalue weighted by atomic mass is 16.5. The number of methoxy groups -OCH3 is 1. The van der Waals surface area contributed by atoms with Crippen molar-refractivity contribution in [1.82, 2.24) is 0 Å². The van der Waals surface area contributed by atoms with Gasteiger partial charge in [-0.2, -0.15) is 0 Å². The van der Waals surface area contributed by atoms with E-state index in [0.29, 0.717) is 6.42 Å². The number of aliphatic hydroxyl groups excluding tert-OH is 4. The smallest absolute Gasteiger partial charge is 0.166 e. The first-order valence-electron chi connectivity index (χ1n) is 10.5. The van der Waals surface area contributed by atoms with Crippen LogP contribution in [0, 0.1) is 0 Å². The van der Waals surface area contributed by atoms with Gasteiger partial charge < -0.3 is 39.4 Å². The van der Waals surface area contributed by atoms with Crippen molar-refractivity contribution in [2.45, 2.75) is 43.4 Å². The van der Waals surface area contributed by atoms with Crippen molar-refractivity contribution in [1.29, 1.82) is 0 Å². The van der Waals surface area contributed by atoms with E-state index in [-0.39, 0.29) is 34.8 Å². The Morgan fingerprint density at radius 2 is 1.85 bits per heavy atom. The van der Waals surface area contributed by atoms with Gasteiger partial charge >= 0.3 is 0 Å². The molecular weight excluding hydrogens is 432 g/mol. The van der Waals surface area contributed by atoms with Gasteiger partial charge in [0.1, 0.15) is 47.6 Å². The predicted octanol–water partition coefficient (Wildman–Crippen LogP) is 1.48. The number of furan rings is 1. The third kappa shape index (κ3) is 4.46. The molecule has 1 saturated heterocycles. The zero-order valence-corrected chi connectivity index (χ0v) is 17.9. The molecule has 0 amide bonds. The first-order chi connectivity index (χ1) is 15.8. The minimum atomic E-state index is -1.59. The average Bonchev–Trinajstić information content (AvgIpc) is 3.29. The third-order valence-corrected chi connectivity index (χ3v) is 6.00. The molecule has 176 valence electrons. The van der Waals surface area contributed by atoms with Gasteiger partial charge in [-0.1, -0.05) is 6.07 Å². The maximum absolute atomic E-state index is 13.0. The number of carbonyl (C=O) groups is 1. The molecule has 5 atom stereocenters. The second-order valence-corrected chi connectivity index (χ2v) is 8.08. The zero-order valence-electron chi connectivity index (χ0n) is 17.9. The summed E-state index contributed by atoms with van der Waals surface area (Å²) < 4.78 is 16.2. The zero-order chi connectivity index (χ0) is 23.7. The molecule has 1 fully saturated rings. The van der Waals surface area contributed by atoms with Gasteiger partial charge in [0.25, 0.3) is 0 Å². The van der Waals surface area contributed by atoms with Crippen molar-refractivity contribution in [3.8, 4) is 11.5 Å². The van der Waals surface area contributed by atoms with Crippen LogP contribution in [0.5, 0.6) is 11.5 Å². The van der Waals surface area contributed by atoms with E-state index in [9.17, 15) is 30.3 Å². The fourth-order valence-electron chi connectivity index (χ4n) is 4.13. The average molecular weight is 458 g/mol. The highest BCUT2D eigenvalue weighted by Gasteiger charge is 2.45. The molecule has 1 aromatic heterocycles. The number of phenolic OH excluding ortho intramolecular Hbond substituents is 1. The Kier molecular flexibility index (Phi) is 6.68. The molecule has 0 bridgehead atoms. The number of phenols is 1. The van der Waals surface area contributed by atoms with Crippen LogP contribution in [0.2, 0.25) is 0 Å². The van der Waals surface area contributed by atoms with Crippen molar-refractivity contribution >= 4 is 16.8 Å². The summed E-state index contributed by atoms with van der Waals surface area (Å²) in [6, 6.07) is 10.1. The molecule has 0 saturated carbocycles. The van der Waals surface area contributed by atoms with E-state index in [0.717, 1.165) is 16.5 Å². The van der Waals surface area contributed by atoms with E-state index in [2.05, 4.69) is 0 Å². The minimum Gasteiger partial charge on any atom is -0.507 e. The normalized spacial score (nSPS) is 25.3. The van der Waals surface area contributed by atoms with E-state index in [1.165, 1.54) is 19.2 Å². The number of hydrogen-bond acceptors (Lipinski definition) is 9. The van der Waals surface area contributed by atoms with E-state index in [1.807, 2.05) is 24.3 Å². The van der Waals surface area contributed by atoms with Crippen LogP contribution >= 0.6 is 0 Å². The fraction of sp³-hybridized carbons (Fsp3) is 0.375. The largest absolute Gasteiger partial charge is 0.507 e. The van der Waals surface area contributed by atoms with E-state index < -0.39 is 37.1 Å². The molecule has 3 aromatic rings. The summed E-state index contributed by atoms with van der Waals surface area (Å²) in [4.78, 5) is 13.0. The van der Waals surface area contributed by atoms with Crippen LogP contribution < -0.4 is 4.74 Å². The van der Waals surface area contributed by atoms with Crippen molar-refractivity contribution < 1.29 is 44.2 Å². The lowest BCUT2D eigenvalue weighted by atomic mass is 9.89. The summed E-state index contributed by atoms with van der Waals surface area (Å²) in [6.45, 7) is -0.589. The van der Waals surface area contributed by atoms with Gasteiger partial charge in [0.05, 0.1) is 25.5 Å². The van der Waals surface area contributed by atoms with Gasteiger partial charge in [0.15, 0.2) is 5.78 Å². The van der Waals surface area contributed by atoms with Crippen LogP contribution in [-0.2, 0) is 11.2 Å². The maximum Gasteiger partial charge on any atom is 0.166 e. The summed E-state index contributed by atoms with van der Waals surface area (Å²) in [5.74, 6) is -0.512. The number of rotatable bonds is 7. The quantitative estimate of drug-likeness (QED) is 0.332. The molecule has 2 aromatic carbocycles. The van der Waals surface area contributed by atoms with Gasteiger partial charge in [-0.15, -0.1) is 0 Å². The van der Waals surface area contributed by atoms with Crippen LogP contribution in [0.25, 0.3) is 11.0 Å². The highest BCUT2D eigenvalue weighted by molar-refractivity contribution is 5.99. The number of aromatic hydroxyl groups is 1.